The topological polar surface area (TPSA) is 52.5 Å². The molecular formula is C25H28Cl2N3O3+. The second-order valence-corrected chi connectivity index (χ2v) is 9.28. The Bertz CT molecular complexity index is 1060. The van der Waals surface area contributed by atoms with Gasteiger partial charge in [-0.05, 0) is 48.5 Å². The number of rotatable bonds is 7. The van der Waals surface area contributed by atoms with Crippen LogP contribution in [0.25, 0.3) is 0 Å². The van der Waals surface area contributed by atoms with Crippen molar-refractivity contribution < 1.29 is 19.5 Å². The third-order valence-corrected chi connectivity index (χ3v) is 6.65. The van der Waals surface area contributed by atoms with Crippen LogP contribution in [0.3, 0.4) is 0 Å². The molecule has 2 fully saturated rings. The smallest absolute Gasteiger partial charge is 0.215 e. The van der Waals surface area contributed by atoms with Crippen molar-refractivity contribution in [1.29, 1.82) is 0 Å². The van der Waals surface area contributed by atoms with Crippen molar-refractivity contribution in [2.24, 2.45) is 0 Å². The summed E-state index contributed by atoms with van der Waals surface area (Å²) in [6.07, 6.45) is 3.72. The second-order valence-electron chi connectivity index (χ2n) is 8.44. The van der Waals surface area contributed by atoms with Crippen molar-refractivity contribution in [2.45, 2.75) is 18.4 Å². The van der Waals surface area contributed by atoms with E-state index in [0.717, 1.165) is 37.5 Å². The van der Waals surface area contributed by atoms with Crippen molar-refractivity contribution in [3.05, 3.63) is 82.6 Å². The van der Waals surface area contributed by atoms with E-state index in [1.54, 1.807) is 12.1 Å². The highest BCUT2D eigenvalue weighted by Gasteiger charge is 2.45. The molecule has 2 aromatic carbocycles. The summed E-state index contributed by atoms with van der Waals surface area (Å²) in [7, 11) is 0. The molecule has 0 bridgehead atoms. The highest BCUT2D eigenvalue weighted by molar-refractivity contribution is 6.35. The van der Waals surface area contributed by atoms with Crippen LogP contribution in [-0.4, -0.2) is 50.1 Å². The maximum Gasteiger partial charge on any atom is 0.215 e. The molecule has 0 radical (unpaired) electrons. The van der Waals surface area contributed by atoms with E-state index in [2.05, 4.69) is 22.3 Å². The molecule has 33 heavy (non-hydrogen) atoms. The fraction of sp³-hybridized carbons (Fsp3) is 0.360. The molecule has 174 valence electrons. The number of aromatic nitrogens is 1. The average molecular weight is 489 g/mol. The molecule has 6 nitrogen and oxygen atoms in total. The zero-order valence-electron chi connectivity index (χ0n) is 18.3. The standard InChI is InChI=1S/C25H27Cl2N3O3/c26-19-3-8-23(24(27)15-19)25(18-29-11-1-2-12-29)32-17-22(33-25)16-31-21-6-4-20(5-7-21)30-13-9-28-10-14-30/h1-8,11-12,15,22,28H,9-10,13-14,16-18H2/p+1. The molecular weight excluding hydrogens is 461 g/mol. The zero-order valence-corrected chi connectivity index (χ0v) is 19.8. The van der Waals surface area contributed by atoms with Gasteiger partial charge in [0.2, 0.25) is 5.79 Å². The highest BCUT2D eigenvalue weighted by atomic mass is 35.5. The number of ether oxygens (including phenoxy) is 3. The minimum absolute atomic E-state index is 0.232. The molecule has 0 aliphatic carbocycles. The maximum atomic E-state index is 6.55. The Hall–Kier alpha value is -2.22. The number of nitrogens with two attached hydrogens (primary N) is 1. The predicted octanol–water partition coefficient (Wildman–Crippen LogP) is 3.53. The fourth-order valence-electron chi connectivity index (χ4n) is 4.42. The molecule has 2 aliphatic heterocycles. The average Bonchev–Trinajstić information content (AvgIpc) is 3.49. The molecule has 3 heterocycles. The molecule has 2 unspecified atom stereocenters. The Morgan fingerprint density at radius 2 is 1.79 bits per heavy atom. The van der Waals surface area contributed by atoms with E-state index in [1.165, 1.54) is 5.69 Å². The van der Waals surface area contributed by atoms with Crippen LogP contribution in [0.4, 0.5) is 5.69 Å². The summed E-state index contributed by atoms with van der Waals surface area (Å²) in [5, 5.41) is 3.44. The van der Waals surface area contributed by atoms with Crippen LogP contribution in [0.5, 0.6) is 5.75 Å². The lowest BCUT2D eigenvalue weighted by molar-refractivity contribution is -0.655. The van der Waals surface area contributed by atoms with Gasteiger partial charge in [-0.25, -0.2) is 0 Å². The molecule has 5 rings (SSSR count). The third kappa shape index (κ3) is 5.15. The van der Waals surface area contributed by atoms with Gasteiger partial charge in [0.25, 0.3) is 0 Å². The number of piperazine rings is 1. The van der Waals surface area contributed by atoms with Crippen molar-refractivity contribution in [3.63, 3.8) is 0 Å². The summed E-state index contributed by atoms with van der Waals surface area (Å²) < 4.78 is 20.8. The summed E-state index contributed by atoms with van der Waals surface area (Å²) in [4.78, 5) is 2.41. The van der Waals surface area contributed by atoms with E-state index < -0.39 is 5.79 Å². The summed E-state index contributed by atoms with van der Waals surface area (Å²) in [6.45, 7) is 5.69. The Labute approximate surface area is 203 Å². The minimum Gasteiger partial charge on any atom is -0.491 e. The van der Waals surface area contributed by atoms with Gasteiger partial charge < -0.3 is 29.0 Å². The van der Waals surface area contributed by atoms with Gasteiger partial charge in [0.05, 0.1) is 44.4 Å². The quantitative estimate of drug-likeness (QED) is 0.552. The van der Waals surface area contributed by atoms with Gasteiger partial charge in [-0.2, -0.15) is 0 Å². The molecule has 0 amide bonds. The van der Waals surface area contributed by atoms with Crippen LogP contribution >= 0.6 is 23.2 Å². The number of benzene rings is 2. The largest absolute Gasteiger partial charge is 0.491 e. The third-order valence-electron chi connectivity index (χ3n) is 6.10. The number of hydrogen-bond acceptors (Lipinski definition) is 4. The van der Waals surface area contributed by atoms with Gasteiger partial charge in [0.15, 0.2) is 0 Å². The summed E-state index contributed by atoms with van der Waals surface area (Å²) in [5.41, 5.74) is 1.99. The summed E-state index contributed by atoms with van der Waals surface area (Å²) in [5.74, 6) is -0.192. The first kappa shape index (κ1) is 22.6. The van der Waals surface area contributed by atoms with Crippen molar-refractivity contribution in [2.75, 3.05) is 44.3 Å². The van der Waals surface area contributed by atoms with Gasteiger partial charge in [-0.3, -0.25) is 0 Å². The lowest BCUT2D eigenvalue weighted by Crippen LogP contribution is -2.89. The number of anilines is 1. The van der Waals surface area contributed by atoms with Gasteiger partial charge in [0, 0.05) is 28.7 Å². The van der Waals surface area contributed by atoms with Gasteiger partial charge >= 0.3 is 0 Å². The highest BCUT2D eigenvalue weighted by Crippen LogP contribution is 2.40. The first-order chi connectivity index (χ1) is 16.1. The molecule has 2 saturated heterocycles. The minimum atomic E-state index is -1.01. The van der Waals surface area contributed by atoms with Crippen LogP contribution in [0, 0.1) is 0 Å². The molecule has 1 aromatic heterocycles. The van der Waals surface area contributed by atoms with Crippen molar-refractivity contribution in [3.8, 4) is 5.75 Å². The lowest BCUT2D eigenvalue weighted by atomic mass is 10.1. The SMILES string of the molecule is Clc1ccc(C2(Cn3cccc3)OCC(COc3ccc(N4CC[NH2+]CC4)cc3)O2)c(Cl)c1. The first-order valence-corrected chi connectivity index (χ1v) is 12.0. The predicted molar refractivity (Wildman–Crippen MR) is 129 cm³/mol. The van der Waals surface area contributed by atoms with Crippen LogP contribution in [0.15, 0.2) is 67.0 Å². The van der Waals surface area contributed by atoms with E-state index in [9.17, 15) is 0 Å². The molecule has 0 spiro atoms. The second kappa shape index (κ2) is 9.95. The van der Waals surface area contributed by atoms with Crippen LogP contribution < -0.4 is 15.0 Å². The van der Waals surface area contributed by atoms with E-state index in [0.29, 0.717) is 29.8 Å². The maximum absolute atomic E-state index is 6.55. The fourth-order valence-corrected chi connectivity index (χ4v) is 4.97. The van der Waals surface area contributed by atoms with Crippen LogP contribution in [-0.2, 0) is 21.8 Å². The number of nitrogens with zero attached hydrogens (tertiary/aromatic N) is 2. The molecule has 2 atom stereocenters. The van der Waals surface area contributed by atoms with Crippen LogP contribution in [0.2, 0.25) is 10.0 Å². The van der Waals surface area contributed by atoms with Crippen molar-refractivity contribution in [1.82, 2.24) is 4.57 Å². The number of quaternary nitrogens is 1. The zero-order chi connectivity index (χ0) is 22.7. The molecule has 3 aromatic rings. The normalized spacial score (nSPS) is 23.1. The molecule has 2 aliphatic rings. The monoisotopic (exact) mass is 488 g/mol. The Balaban J connectivity index is 1.26. The Morgan fingerprint density at radius 3 is 2.52 bits per heavy atom. The number of halogens is 2. The molecule has 0 saturated carbocycles. The lowest BCUT2D eigenvalue weighted by Gasteiger charge is -2.30. The molecule has 2 N–H and O–H groups in total. The molecule has 8 heteroatoms. The van der Waals surface area contributed by atoms with E-state index in [1.807, 2.05) is 47.3 Å². The van der Waals surface area contributed by atoms with E-state index >= 15 is 0 Å². The Kier molecular flexibility index (Phi) is 6.81. The van der Waals surface area contributed by atoms with Gasteiger partial charge in [0.1, 0.15) is 18.5 Å². The van der Waals surface area contributed by atoms with E-state index in [-0.39, 0.29) is 6.10 Å². The van der Waals surface area contributed by atoms with Gasteiger partial charge in [-0.15, -0.1) is 0 Å². The Morgan fingerprint density at radius 1 is 1.03 bits per heavy atom. The van der Waals surface area contributed by atoms with E-state index in [4.69, 9.17) is 37.4 Å². The summed E-state index contributed by atoms with van der Waals surface area (Å²) >= 11 is 12.7. The van der Waals surface area contributed by atoms with Crippen molar-refractivity contribution >= 4 is 28.9 Å². The van der Waals surface area contributed by atoms with Gasteiger partial charge in [-0.1, -0.05) is 29.3 Å². The number of hydrogen-bond donors (Lipinski definition) is 1. The van der Waals surface area contributed by atoms with Crippen LogP contribution in [0.1, 0.15) is 5.56 Å². The first-order valence-electron chi connectivity index (χ1n) is 11.3. The summed E-state index contributed by atoms with van der Waals surface area (Å²) in [6, 6.07) is 17.6.